The van der Waals surface area contributed by atoms with Crippen LogP contribution in [0, 0.1) is 5.41 Å². The lowest BCUT2D eigenvalue weighted by Crippen LogP contribution is -2.25. The minimum Gasteiger partial charge on any atom is -0.460 e. The van der Waals surface area contributed by atoms with Gasteiger partial charge in [0.05, 0.1) is 6.42 Å². The van der Waals surface area contributed by atoms with Crippen LogP contribution in [-0.2, 0) is 16.0 Å². The summed E-state index contributed by atoms with van der Waals surface area (Å²) in [6.07, 6.45) is 1.26. The summed E-state index contributed by atoms with van der Waals surface area (Å²) in [6, 6.07) is 3.51. The molecule has 0 aliphatic carbocycles. The van der Waals surface area contributed by atoms with E-state index in [-0.39, 0.29) is 12.4 Å². The molecule has 4 N–H and O–H groups in total. The lowest BCUT2D eigenvalue weighted by molar-refractivity contribution is -0.153. The fourth-order valence-corrected chi connectivity index (χ4v) is 1.78. The monoisotopic (exact) mass is 263 g/mol. The highest BCUT2D eigenvalue weighted by Gasteiger charge is 2.19. The van der Waals surface area contributed by atoms with E-state index in [1.165, 1.54) is 6.21 Å². The number of nitrogens with two attached hydrogens (primary N) is 1. The number of benzene rings is 1. The Balaban J connectivity index is 3.06. The molecule has 0 saturated carbocycles. The number of carbonyl (C=O) groups is 1. The van der Waals surface area contributed by atoms with Crippen molar-refractivity contribution in [3.8, 4) is 0 Å². The maximum atomic E-state index is 11.9. The number of nitrogens with one attached hydrogen (secondary N) is 2. The molecule has 1 rings (SSSR count). The Bertz CT molecular complexity index is 490. The van der Waals surface area contributed by atoms with E-state index in [1.807, 2.05) is 20.8 Å². The summed E-state index contributed by atoms with van der Waals surface area (Å²) in [5.74, 6) is -0.351. The second kappa shape index (κ2) is 5.73. The predicted molar refractivity (Wildman–Crippen MR) is 77.8 cm³/mol. The minimum absolute atomic E-state index is 0.0589. The van der Waals surface area contributed by atoms with Gasteiger partial charge in [-0.25, -0.2) is 0 Å². The number of nitrogen functional groups attached to an aromatic ring is 1. The molecule has 0 saturated heterocycles. The van der Waals surface area contributed by atoms with Gasteiger partial charge in [0.25, 0.3) is 0 Å². The Labute approximate surface area is 113 Å². The van der Waals surface area contributed by atoms with Gasteiger partial charge in [0.2, 0.25) is 0 Å². The third-order valence-electron chi connectivity index (χ3n) is 2.55. The summed E-state index contributed by atoms with van der Waals surface area (Å²) >= 11 is 0. The molecule has 0 aliphatic rings. The third kappa shape index (κ3) is 3.98. The van der Waals surface area contributed by atoms with Gasteiger partial charge in [0, 0.05) is 30.2 Å². The van der Waals surface area contributed by atoms with Gasteiger partial charge < -0.3 is 21.2 Å². The predicted octanol–water partition coefficient (Wildman–Crippen LogP) is 2.19. The maximum absolute atomic E-state index is 11.9. The Morgan fingerprint density at radius 1 is 1.47 bits per heavy atom. The van der Waals surface area contributed by atoms with E-state index in [0.29, 0.717) is 16.8 Å². The SMILES string of the molecule is CNc1ccc(N)c(CC(=O)OC(C)(C)C)c1C=N. The molecule has 5 heteroatoms. The molecule has 0 unspecified atom stereocenters. The zero-order chi connectivity index (χ0) is 14.6. The number of hydrogen-bond acceptors (Lipinski definition) is 5. The highest BCUT2D eigenvalue weighted by Crippen LogP contribution is 2.25. The first-order chi connectivity index (χ1) is 8.78. The molecule has 0 aromatic heterocycles. The summed E-state index contributed by atoms with van der Waals surface area (Å²) in [4.78, 5) is 11.9. The first kappa shape index (κ1) is 15.0. The van der Waals surface area contributed by atoms with Crippen LogP contribution in [0.3, 0.4) is 0 Å². The van der Waals surface area contributed by atoms with Gasteiger partial charge in [0.1, 0.15) is 5.60 Å². The quantitative estimate of drug-likeness (QED) is 0.441. The molecular weight excluding hydrogens is 242 g/mol. The topological polar surface area (TPSA) is 88.2 Å². The summed E-state index contributed by atoms with van der Waals surface area (Å²) in [5, 5.41) is 10.5. The van der Waals surface area contributed by atoms with Crippen LogP contribution in [0.25, 0.3) is 0 Å². The molecule has 0 atom stereocenters. The molecule has 0 fully saturated rings. The van der Waals surface area contributed by atoms with Crippen LogP contribution in [0.2, 0.25) is 0 Å². The molecule has 0 spiro atoms. The molecule has 0 aliphatic heterocycles. The Morgan fingerprint density at radius 3 is 2.58 bits per heavy atom. The second-order valence-electron chi connectivity index (χ2n) is 5.25. The van der Waals surface area contributed by atoms with Crippen LogP contribution in [0.5, 0.6) is 0 Å². The Morgan fingerprint density at radius 2 is 2.11 bits per heavy atom. The van der Waals surface area contributed by atoms with Crippen LogP contribution in [0.4, 0.5) is 11.4 Å². The van der Waals surface area contributed by atoms with Crippen molar-refractivity contribution >= 4 is 23.6 Å². The smallest absolute Gasteiger partial charge is 0.310 e. The maximum Gasteiger partial charge on any atom is 0.310 e. The molecule has 5 nitrogen and oxygen atoms in total. The summed E-state index contributed by atoms with van der Waals surface area (Å²) in [7, 11) is 1.76. The molecule has 0 amide bonds. The van der Waals surface area contributed by atoms with Crippen molar-refractivity contribution in [3.63, 3.8) is 0 Å². The molecule has 1 aromatic carbocycles. The number of esters is 1. The van der Waals surface area contributed by atoms with Gasteiger partial charge in [0.15, 0.2) is 0 Å². The highest BCUT2D eigenvalue weighted by molar-refractivity contribution is 5.92. The van der Waals surface area contributed by atoms with Gasteiger partial charge in [-0.1, -0.05) is 0 Å². The fraction of sp³-hybridized carbons (Fsp3) is 0.429. The van der Waals surface area contributed by atoms with Crippen molar-refractivity contribution in [2.45, 2.75) is 32.8 Å². The van der Waals surface area contributed by atoms with Gasteiger partial charge >= 0.3 is 5.97 Å². The largest absolute Gasteiger partial charge is 0.460 e. The fourth-order valence-electron chi connectivity index (χ4n) is 1.78. The minimum atomic E-state index is -0.530. The van der Waals surface area contributed by atoms with E-state index in [0.717, 1.165) is 5.69 Å². The van der Waals surface area contributed by atoms with Crippen LogP contribution in [0.1, 0.15) is 31.9 Å². The van der Waals surface area contributed by atoms with Gasteiger partial charge in [-0.15, -0.1) is 0 Å². The molecular formula is C14H21N3O2. The van der Waals surface area contributed by atoms with Crippen molar-refractivity contribution in [1.82, 2.24) is 0 Å². The highest BCUT2D eigenvalue weighted by atomic mass is 16.6. The third-order valence-corrected chi connectivity index (χ3v) is 2.55. The van der Waals surface area contributed by atoms with E-state index in [1.54, 1.807) is 19.2 Å². The van der Waals surface area contributed by atoms with Crippen molar-refractivity contribution in [2.75, 3.05) is 18.1 Å². The standard InChI is InChI=1S/C14H21N3O2/c1-14(2,3)19-13(18)7-9-10(8-15)12(17-4)6-5-11(9)16/h5-6,8,15,17H,7,16H2,1-4H3. The molecule has 104 valence electrons. The van der Waals surface area contributed by atoms with Crippen molar-refractivity contribution in [2.24, 2.45) is 0 Å². The van der Waals surface area contributed by atoms with E-state index in [9.17, 15) is 4.79 Å². The van der Waals surface area contributed by atoms with E-state index in [2.05, 4.69) is 5.32 Å². The first-order valence-electron chi connectivity index (χ1n) is 6.10. The van der Waals surface area contributed by atoms with Crippen molar-refractivity contribution in [1.29, 1.82) is 5.41 Å². The average molecular weight is 263 g/mol. The lowest BCUT2D eigenvalue weighted by atomic mass is 10.0. The zero-order valence-corrected chi connectivity index (χ0v) is 11.8. The zero-order valence-electron chi connectivity index (χ0n) is 11.8. The summed E-state index contributed by atoms with van der Waals surface area (Å²) in [5.41, 5.74) is 7.86. The number of hydrogen-bond donors (Lipinski definition) is 3. The van der Waals surface area contributed by atoms with Gasteiger partial charge in [-0.3, -0.25) is 4.79 Å². The number of carbonyl (C=O) groups excluding carboxylic acids is 1. The Kier molecular flexibility index (Phi) is 4.53. The van der Waals surface area contributed by atoms with Crippen LogP contribution < -0.4 is 11.1 Å². The van der Waals surface area contributed by atoms with Gasteiger partial charge in [-0.05, 0) is 38.5 Å². The Hall–Kier alpha value is -2.04. The normalized spacial score (nSPS) is 10.9. The van der Waals surface area contributed by atoms with Crippen LogP contribution in [0.15, 0.2) is 12.1 Å². The number of rotatable bonds is 4. The summed E-state index contributed by atoms with van der Waals surface area (Å²) < 4.78 is 5.28. The van der Waals surface area contributed by atoms with Crippen molar-refractivity contribution < 1.29 is 9.53 Å². The molecule has 0 radical (unpaired) electrons. The lowest BCUT2D eigenvalue weighted by Gasteiger charge is -2.20. The van der Waals surface area contributed by atoms with Gasteiger partial charge in [-0.2, -0.15) is 0 Å². The number of ether oxygens (including phenoxy) is 1. The second-order valence-corrected chi connectivity index (χ2v) is 5.25. The van der Waals surface area contributed by atoms with E-state index >= 15 is 0 Å². The van der Waals surface area contributed by atoms with E-state index in [4.69, 9.17) is 15.9 Å². The average Bonchev–Trinajstić information content (AvgIpc) is 2.29. The van der Waals surface area contributed by atoms with E-state index < -0.39 is 5.60 Å². The molecule has 19 heavy (non-hydrogen) atoms. The molecule has 1 aromatic rings. The van der Waals surface area contributed by atoms with Crippen LogP contribution in [-0.4, -0.2) is 24.8 Å². The first-order valence-corrected chi connectivity index (χ1v) is 6.10. The van der Waals surface area contributed by atoms with Crippen molar-refractivity contribution in [3.05, 3.63) is 23.3 Å². The van der Waals surface area contributed by atoms with Crippen LogP contribution >= 0.6 is 0 Å². The number of anilines is 2. The molecule has 0 heterocycles. The molecule has 0 bridgehead atoms. The summed E-state index contributed by atoms with van der Waals surface area (Å²) in [6.45, 7) is 5.45.